The summed E-state index contributed by atoms with van der Waals surface area (Å²) in [5, 5.41) is 0. The minimum Gasteiger partial charge on any atom is -0.469 e. The van der Waals surface area contributed by atoms with Gasteiger partial charge in [-0.3, -0.25) is 4.79 Å². The van der Waals surface area contributed by atoms with Crippen LogP contribution in [-0.4, -0.2) is 25.2 Å². The molecule has 0 bridgehead atoms. The number of allylic oxidation sites excluding steroid dienone is 1. The summed E-state index contributed by atoms with van der Waals surface area (Å²) in [4.78, 5) is 22.3. The van der Waals surface area contributed by atoms with Crippen LogP contribution in [0.5, 0.6) is 0 Å². The number of methoxy groups -OCH3 is 1. The van der Waals surface area contributed by atoms with Gasteiger partial charge in [-0.2, -0.15) is 0 Å². The van der Waals surface area contributed by atoms with Crippen LogP contribution in [0.3, 0.4) is 0 Å². The molecule has 1 aliphatic heterocycles. The van der Waals surface area contributed by atoms with Crippen LogP contribution in [0, 0.1) is 0 Å². The SMILES string of the molecule is C=CCC1=C(C)C(=O)OC1CC(=O)OC. The van der Waals surface area contributed by atoms with E-state index in [-0.39, 0.29) is 18.4 Å². The first-order valence-electron chi connectivity index (χ1n) is 4.68. The maximum atomic E-state index is 11.3. The van der Waals surface area contributed by atoms with E-state index in [9.17, 15) is 9.59 Å². The molecule has 15 heavy (non-hydrogen) atoms. The summed E-state index contributed by atoms with van der Waals surface area (Å²) in [5.74, 6) is -0.746. The molecule has 0 N–H and O–H groups in total. The third-order valence-electron chi connectivity index (χ3n) is 2.37. The normalized spacial score (nSPS) is 20.1. The highest BCUT2D eigenvalue weighted by molar-refractivity contribution is 5.92. The Morgan fingerprint density at radius 2 is 2.33 bits per heavy atom. The molecule has 0 aromatic rings. The zero-order valence-electron chi connectivity index (χ0n) is 8.91. The molecule has 1 heterocycles. The summed E-state index contributed by atoms with van der Waals surface area (Å²) in [6.45, 7) is 5.29. The summed E-state index contributed by atoms with van der Waals surface area (Å²) < 4.78 is 9.58. The standard InChI is InChI=1S/C11H14O4/c1-4-5-8-7(2)11(13)15-9(8)6-10(12)14-3/h4,9H,1,5-6H2,2-3H3. The lowest BCUT2D eigenvalue weighted by Gasteiger charge is -2.11. The third-order valence-corrected chi connectivity index (χ3v) is 2.37. The molecule has 0 saturated carbocycles. The van der Waals surface area contributed by atoms with E-state index in [2.05, 4.69) is 11.3 Å². The van der Waals surface area contributed by atoms with Gasteiger partial charge >= 0.3 is 11.9 Å². The van der Waals surface area contributed by atoms with Gasteiger partial charge in [0.05, 0.1) is 13.5 Å². The van der Waals surface area contributed by atoms with Crippen LogP contribution in [-0.2, 0) is 19.1 Å². The topological polar surface area (TPSA) is 52.6 Å². The quantitative estimate of drug-likeness (QED) is 0.519. The van der Waals surface area contributed by atoms with Gasteiger partial charge in [0.15, 0.2) is 0 Å². The van der Waals surface area contributed by atoms with Crippen molar-refractivity contribution in [1.82, 2.24) is 0 Å². The Labute approximate surface area is 88.6 Å². The van der Waals surface area contributed by atoms with E-state index < -0.39 is 6.10 Å². The first-order valence-corrected chi connectivity index (χ1v) is 4.68. The Balaban J connectivity index is 2.78. The molecule has 4 nitrogen and oxygen atoms in total. The van der Waals surface area contributed by atoms with E-state index in [1.807, 2.05) is 0 Å². The average molecular weight is 210 g/mol. The summed E-state index contributed by atoms with van der Waals surface area (Å²) in [6.07, 6.45) is 1.83. The number of hydrogen-bond acceptors (Lipinski definition) is 4. The zero-order valence-corrected chi connectivity index (χ0v) is 8.91. The number of ether oxygens (including phenoxy) is 2. The number of rotatable bonds is 4. The maximum absolute atomic E-state index is 11.3. The summed E-state index contributed by atoms with van der Waals surface area (Å²) in [5.41, 5.74) is 1.39. The highest BCUT2D eigenvalue weighted by atomic mass is 16.6. The summed E-state index contributed by atoms with van der Waals surface area (Å²) >= 11 is 0. The maximum Gasteiger partial charge on any atom is 0.334 e. The minimum absolute atomic E-state index is 0.0722. The van der Waals surface area contributed by atoms with Gasteiger partial charge in [0, 0.05) is 5.57 Å². The molecule has 0 fully saturated rings. The highest BCUT2D eigenvalue weighted by Crippen LogP contribution is 2.27. The lowest BCUT2D eigenvalue weighted by atomic mass is 10.0. The predicted molar refractivity (Wildman–Crippen MR) is 54.0 cm³/mol. The van der Waals surface area contributed by atoms with Crippen molar-refractivity contribution in [3.8, 4) is 0 Å². The molecule has 0 aromatic heterocycles. The first kappa shape index (κ1) is 11.5. The number of carbonyl (C=O) groups is 2. The molecule has 0 spiro atoms. The van der Waals surface area contributed by atoms with Crippen LogP contribution in [0.15, 0.2) is 23.8 Å². The monoisotopic (exact) mass is 210 g/mol. The molecule has 0 amide bonds. The lowest BCUT2D eigenvalue weighted by Crippen LogP contribution is -2.17. The Kier molecular flexibility index (Phi) is 3.66. The molecule has 0 aliphatic carbocycles. The average Bonchev–Trinajstić information content (AvgIpc) is 2.46. The van der Waals surface area contributed by atoms with E-state index in [0.29, 0.717) is 12.0 Å². The zero-order chi connectivity index (χ0) is 11.4. The molecule has 0 aromatic carbocycles. The van der Waals surface area contributed by atoms with Crippen LogP contribution in [0.1, 0.15) is 19.8 Å². The van der Waals surface area contributed by atoms with E-state index in [1.165, 1.54) is 7.11 Å². The fourth-order valence-corrected chi connectivity index (χ4v) is 1.50. The van der Waals surface area contributed by atoms with Crippen molar-refractivity contribution < 1.29 is 19.1 Å². The largest absolute Gasteiger partial charge is 0.469 e. The lowest BCUT2D eigenvalue weighted by molar-refractivity contribution is -0.147. The van der Waals surface area contributed by atoms with Gasteiger partial charge in [-0.1, -0.05) is 6.08 Å². The van der Waals surface area contributed by atoms with Crippen LogP contribution in [0.25, 0.3) is 0 Å². The van der Waals surface area contributed by atoms with E-state index in [0.717, 1.165) is 5.57 Å². The molecular formula is C11H14O4. The molecule has 82 valence electrons. The van der Waals surface area contributed by atoms with Crippen LogP contribution in [0.2, 0.25) is 0 Å². The smallest absolute Gasteiger partial charge is 0.334 e. The van der Waals surface area contributed by atoms with Crippen molar-refractivity contribution in [3.63, 3.8) is 0 Å². The Morgan fingerprint density at radius 3 is 2.87 bits per heavy atom. The number of cyclic esters (lactones) is 1. The van der Waals surface area contributed by atoms with Crippen molar-refractivity contribution in [2.45, 2.75) is 25.9 Å². The highest BCUT2D eigenvalue weighted by Gasteiger charge is 2.32. The van der Waals surface area contributed by atoms with Crippen molar-refractivity contribution in [2.75, 3.05) is 7.11 Å². The van der Waals surface area contributed by atoms with Crippen LogP contribution in [0.4, 0.5) is 0 Å². The molecular weight excluding hydrogens is 196 g/mol. The second-order valence-corrected chi connectivity index (χ2v) is 3.32. The predicted octanol–water partition coefficient (Wildman–Crippen LogP) is 1.37. The van der Waals surface area contributed by atoms with Crippen LogP contribution < -0.4 is 0 Å². The van der Waals surface area contributed by atoms with E-state index in [1.54, 1.807) is 13.0 Å². The Bertz CT molecular complexity index is 327. The second-order valence-electron chi connectivity index (χ2n) is 3.32. The number of carbonyl (C=O) groups excluding carboxylic acids is 2. The van der Waals surface area contributed by atoms with Crippen molar-refractivity contribution >= 4 is 11.9 Å². The van der Waals surface area contributed by atoms with E-state index in [4.69, 9.17) is 4.74 Å². The van der Waals surface area contributed by atoms with Gasteiger partial charge in [-0.15, -0.1) is 6.58 Å². The van der Waals surface area contributed by atoms with Gasteiger partial charge in [-0.05, 0) is 18.9 Å². The molecule has 0 radical (unpaired) electrons. The molecule has 4 heteroatoms. The van der Waals surface area contributed by atoms with Gasteiger partial charge < -0.3 is 9.47 Å². The second kappa shape index (κ2) is 4.77. The van der Waals surface area contributed by atoms with Crippen LogP contribution >= 0.6 is 0 Å². The van der Waals surface area contributed by atoms with Gasteiger partial charge in [0.25, 0.3) is 0 Å². The van der Waals surface area contributed by atoms with Crippen molar-refractivity contribution in [1.29, 1.82) is 0 Å². The van der Waals surface area contributed by atoms with Gasteiger partial charge in [-0.25, -0.2) is 4.79 Å². The Hall–Kier alpha value is -1.58. The summed E-state index contributed by atoms with van der Waals surface area (Å²) in [6, 6.07) is 0. The molecule has 1 unspecified atom stereocenters. The molecule has 1 aliphatic rings. The molecule has 0 saturated heterocycles. The van der Waals surface area contributed by atoms with Crippen molar-refractivity contribution in [2.24, 2.45) is 0 Å². The third kappa shape index (κ3) is 2.46. The number of esters is 2. The first-order chi connectivity index (χ1) is 7.10. The minimum atomic E-state index is -0.483. The number of hydrogen-bond donors (Lipinski definition) is 0. The van der Waals surface area contributed by atoms with E-state index >= 15 is 0 Å². The van der Waals surface area contributed by atoms with Gasteiger partial charge in [0.1, 0.15) is 6.10 Å². The summed E-state index contributed by atoms with van der Waals surface area (Å²) in [7, 11) is 1.31. The molecule has 1 rings (SSSR count). The van der Waals surface area contributed by atoms with Crippen molar-refractivity contribution in [3.05, 3.63) is 23.8 Å². The van der Waals surface area contributed by atoms with Gasteiger partial charge in [0.2, 0.25) is 0 Å². The fraction of sp³-hybridized carbons (Fsp3) is 0.455. The molecule has 1 atom stereocenters. The Morgan fingerprint density at radius 1 is 1.67 bits per heavy atom. The fourth-order valence-electron chi connectivity index (χ4n) is 1.50.